The lowest BCUT2D eigenvalue weighted by atomic mass is 9.89. The van der Waals surface area contributed by atoms with E-state index in [9.17, 15) is 4.79 Å². The minimum atomic E-state index is -0.795. The maximum atomic E-state index is 10.5. The quantitative estimate of drug-likeness (QED) is 0.708. The summed E-state index contributed by atoms with van der Waals surface area (Å²) in [6.07, 6.45) is 4.34. The van der Waals surface area contributed by atoms with Crippen molar-refractivity contribution in [3.05, 3.63) is 0 Å². The van der Waals surface area contributed by atoms with Crippen LogP contribution >= 0.6 is 0 Å². The maximum Gasteiger partial charge on any atom is 0.317 e. The Bertz CT molecular complexity index is 350. The molecule has 1 atom stereocenters. The van der Waals surface area contributed by atoms with Gasteiger partial charge in [-0.05, 0) is 65.1 Å². The highest BCUT2D eigenvalue weighted by Crippen LogP contribution is 2.22. The van der Waals surface area contributed by atoms with Gasteiger partial charge in [-0.15, -0.1) is 0 Å². The summed E-state index contributed by atoms with van der Waals surface area (Å²) in [5.74, 6) is -0.247. The van der Waals surface area contributed by atoms with Gasteiger partial charge in [-0.2, -0.15) is 5.26 Å². The molecule has 0 radical (unpaired) electrons. The van der Waals surface area contributed by atoms with Crippen LogP contribution in [0.2, 0.25) is 0 Å². The first-order valence-corrected chi connectivity index (χ1v) is 7.49. The summed E-state index contributed by atoms with van der Waals surface area (Å²) in [5.41, 5.74) is -0.224. The number of carboxylic acids is 1. The molecule has 1 heterocycles. The van der Waals surface area contributed by atoms with Crippen molar-refractivity contribution in [2.45, 2.75) is 39.5 Å². The predicted octanol–water partition coefficient (Wildman–Crippen LogP) is 1.70. The number of hydrogen-bond donors (Lipinski definition) is 2. The van der Waals surface area contributed by atoms with Crippen molar-refractivity contribution in [1.29, 1.82) is 5.26 Å². The van der Waals surface area contributed by atoms with E-state index in [1.807, 2.05) is 13.8 Å². The predicted molar refractivity (Wildman–Crippen MR) is 78.3 cm³/mol. The van der Waals surface area contributed by atoms with Gasteiger partial charge in [0.05, 0.1) is 18.0 Å². The zero-order valence-electron chi connectivity index (χ0n) is 12.7. The third-order valence-electron chi connectivity index (χ3n) is 3.89. The molecule has 1 aliphatic rings. The highest BCUT2D eigenvalue weighted by molar-refractivity contribution is 5.68. The molecule has 1 rings (SSSR count). The van der Waals surface area contributed by atoms with Gasteiger partial charge in [0.15, 0.2) is 0 Å². The van der Waals surface area contributed by atoms with E-state index >= 15 is 0 Å². The molecule has 0 aliphatic carbocycles. The van der Waals surface area contributed by atoms with Gasteiger partial charge in [0.25, 0.3) is 0 Å². The van der Waals surface area contributed by atoms with Crippen LogP contribution in [0.15, 0.2) is 0 Å². The number of aliphatic carboxylic acids is 1. The number of nitrogens with one attached hydrogen (secondary N) is 1. The summed E-state index contributed by atoms with van der Waals surface area (Å²) in [6, 6.07) is 2.34. The van der Waals surface area contributed by atoms with Crippen molar-refractivity contribution in [1.82, 2.24) is 10.2 Å². The number of rotatable bonds is 8. The van der Waals surface area contributed by atoms with Crippen LogP contribution in [0.25, 0.3) is 0 Å². The maximum absolute atomic E-state index is 10.5. The van der Waals surface area contributed by atoms with Crippen LogP contribution in [0, 0.1) is 22.7 Å². The molecule has 1 saturated heterocycles. The molecular weight excluding hydrogens is 254 g/mol. The fourth-order valence-corrected chi connectivity index (χ4v) is 2.70. The third-order valence-corrected chi connectivity index (χ3v) is 3.89. The Balaban J connectivity index is 2.20. The molecule has 114 valence electrons. The van der Waals surface area contributed by atoms with Gasteiger partial charge >= 0.3 is 5.97 Å². The van der Waals surface area contributed by atoms with Crippen LogP contribution in [-0.2, 0) is 4.79 Å². The van der Waals surface area contributed by atoms with E-state index in [0.717, 1.165) is 39.0 Å². The molecular formula is C15H27N3O2. The lowest BCUT2D eigenvalue weighted by Gasteiger charge is -2.33. The van der Waals surface area contributed by atoms with Gasteiger partial charge in [-0.1, -0.05) is 0 Å². The molecule has 1 aliphatic heterocycles. The number of carboxylic acid groups (broad SMARTS) is 1. The Morgan fingerprint density at radius 1 is 1.55 bits per heavy atom. The van der Waals surface area contributed by atoms with E-state index in [1.54, 1.807) is 0 Å². The SMILES string of the molecule is CC(C)(C#N)CCCN1CCCC(CNCC(=O)O)C1. The molecule has 0 saturated carbocycles. The van der Waals surface area contributed by atoms with E-state index in [0.29, 0.717) is 5.92 Å². The van der Waals surface area contributed by atoms with E-state index in [1.165, 1.54) is 12.8 Å². The number of hydrogen-bond acceptors (Lipinski definition) is 4. The fraction of sp³-hybridized carbons (Fsp3) is 0.867. The monoisotopic (exact) mass is 281 g/mol. The molecule has 5 heteroatoms. The number of nitrogens with zero attached hydrogens (tertiary/aromatic N) is 2. The largest absolute Gasteiger partial charge is 0.480 e. The van der Waals surface area contributed by atoms with Crippen LogP contribution in [0.5, 0.6) is 0 Å². The van der Waals surface area contributed by atoms with Gasteiger partial charge in [-0.25, -0.2) is 0 Å². The van der Waals surface area contributed by atoms with Crippen molar-refractivity contribution >= 4 is 5.97 Å². The number of likely N-dealkylation sites (tertiary alicyclic amines) is 1. The van der Waals surface area contributed by atoms with E-state index < -0.39 is 5.97 Å². The Morgan fingerprint density at radius 3 is 2.95 bits per heavy atom. The first-order chi connectivity index (χ1) is 9.43. The summed E-state index contributed by atoms with van der Waals surface area (Å²) in [5, 5.41) is 20.6. The molecule has 1 fully saturated rings. The normalized spacial score (nSPS) is 20.6. The second-order valence-electron chi connectivity index (χ2n) is 6.43. The number of carbonyl (C=O) groups is 1. The highest BCUT2D eigenvalue weighted by atomic mass is 16.4. The van der Waals surface area contributed by atoms with Gasteiger partial charge in [0, 0.05) is 6.54 Å². The average molecular weight is 281 g/mol. The lowest BCUT2D eigenvalue weighted by Crippen LogP contribution is -2.41. The molecule has 0 aromatic carbocycles. The van der Waals surface area contributed by atoms with Crippen molar-refractivity contribution in [2.75, 3.05) is 32.7 Å². The number of nitriles is 1. The molecule has 1 unspecified atom stereocenters. The van der Waals surface area contributed by atoms with Gasteiger partial charge < -0.3 is 15.3 Å². The second-order valence-corrected chi connectivity index (χ2v) is 6.43. The summed E-state index contributed by atoms with van der Waals surface area (Å²) >= 11 is 0. The molecule has 5 nitrogen and oxygen atoms in total. The van der Waals surface area contributed by atoms with Crippen LogP contribution in [-0.4, -0.2) is 48.7 Å². The molecule has 2 N–H and O–H groups in total. The zero-order chi connectivity index (χ0) is 15.0. The molecule has 20 heavy (non-hydrogen) atoms. The number of piperidine rings is 1. The second kappa shape index (κ2) is 8.23. The molecule has 0 aromatic rings. The van der Waals surface area contributed by atoms with Crippen LogP contribution in [0.3, 0.4) is 0 Å². The summed E-state index contributed by atoms with van der Waals surface area (Å²) < 4.78 is 0. The first-order valence-electron chi connectivity index (χ1n) is 7.49. The Hall–Kier alpha value is -1.12. The standard InChI is InChI=1S/C15H27N3O2/c1-15(2,12-16)6-4-8-18-7-3-5-13(11-18)9-17-10-14(19)20/h13,17H,3-11H2,1-2H3,(H,19,20). The minimum Gasteiger partial charge on any atom is -0.480 e. The average Bonchev–Trinajstić information content (AvgIpc) is 2.39. The Labute approximate surface area is 122 Å². The summed E-state index contributed by atoms with van der Waals surface area (Å²) in [7, 11) is 0. The zero-order valence-corrected chi connectivity index (χ0v) is 12.7. The van der Waals surface area contributed by atoms with Crippen LogP contribution < -0.4 is 5.32 Å². The fourth-order valence-electron chi connectivity index (χ4n) is 2.70. The highest BCUT2D eigenvalue weighted by Gasteiger charge is 2.21. The third kappa shape index (κ3) is 6.88. The van der Waals surface area contributed by atoms with Crippen molar-refractivity contribution in [3.63, 3.8) is 0 Å². The van der Waals surface area contributed by atoms with Gasteiger partial charge in [-0.3, -0.25) is 4.79 Å². The van der Waals surface area contributed by atoms with E-state index in [4.69, 9.17) is 10.4 Å². The summed E-state index contributed by atoms with van der Waals surface area (Å²) in [4.78, 5) is 12.9. The molecule has 0 spiro atoms. The minimum absolute atomic E-state index is 0.0485. The molecule has 0 amide bonds. The van der Waals surface area contributed by atoms with E-state index in [-0.39, 0.29) is 12.0 Å². The smallest absolute Gasteiger partial charge is 0.317 e. The van der Waals surface area contributed by atoms with Crippen molar-refractivity contribution in [2.24, 2.45) is 11.3 Å². The topological polar surface area (TPSA) is 76.4 Å². The Morgan fingerprint density at radius 2 is 2.30 bits per heavy atom. The first kappa shape index (κ1) is 16.9. The van der Waals surface area contributed by atoms with Crippen LogP contribution in [0.1, 0.15) is 39.5 Å². The van der Waals surface area contributed by atoms with Gasteiger partial charge in [0.1, 0.15) is 0 Å². The van der Waals surface area contributed by atoms with Gasteiger partial charge in [0.2, 0.25) is 0 Å². The van der Waals surface area contributed by atoms with Crippen LogP contribution in [0.4, 0.5) is 0 Å². The van der Waals surface area contributed by atoms with E-state index in [2.05, 4.69) is 16.3 Å². The Kier molecular flexibility index (Phi) is 6.97. The van der Waals surface area contributed by atoms with Crippen molar-refractivity contribution in [3.8, 4) is 6.07 Å². The molecule has 0 bridgehead atoms. The lowest BCUT2D eigenvalue weighted by molar-refractivity contribution is -0.136. The molecule has 0 aromatic heterocycles. The summed E-state index contributed by atoms with van der Waals surface area (Å²) in [6.45, 7) is 8.02. The van der Waals surface area contributed by atoms with Crippen molar-refractivity contribution < 1.29 is 9.90 Å².